The highest BCUT2D eigenvalue weighted by molar-refractivity contribution is 6.36. The highest BCUT2D eigenvalue weighted by Crippen LogP contribution is 2.27. The predicted octanol–water partition coefficient (Wildman–Crippen LogP) is 5.48. The summed E-state index contributed by atoms with van der Waals surface area (Å²) >= 11 is 12.7. The number of nitrogens with zero attached hydrogens (tertiary/aromatic N) is 1. The number of carbonyl (C=O) groups excluding carboxylic acids is 2. The average Bonchev–Trinajstić information content (AvgIpc) is 2.62. The van der Waals surface area contributed by atoms with Crippen LogP contribution in [-0.2, 0) is 22.6 Å². The summed E-state index contributed by atoms with van der Waals surface area (Å²) in [5.41, 5.74) is 3.29. The molecule has 0 aromatic heterocycles. The van der Waals surface area contributed by atoms with Crippen LogP contribution in [0.3, 0.4) is 0 Å². The fourth-order valence-corrected chi connectivity index (χ4v) is 3.68. The molecule has 1 atom stereocenters. The normalized spacial score (nSPS) is 12.4. The molecule has 4 nitrogen and oxygen atoms in total. The van der Waals surface area contributed by atoms with Gasteiger partial charge in [0.15, 0.2) is 0 Å². The summed E-state index contributed by atoms with van der Waals surface area (Å²) in [5, 5.41) is 3.89. The zero-order valence-corrected chi connectivity index (χ0v) is 20.0. The largest absolute Gasteiger partial charge is 0.350 e. The monoisotopic (exact) mass is 448 g/mol. The summed E-state index contributed by atoms with van der Waals surface area (Å²) in [7, 11) is 0. The number of nitrogens with one attached hydrogen (secondary N) is 1. The maximum atomic E-state index is 13.4. The quantitative estimate of drug-likeness (QED) is 0.635. The minimum atomic E-state index is -0.686. The number of carbonyl (C=O) groups is 2. The summed E-state index contributed by atoms with van der Waals surface area (Å²) in [6, 6.07) is 10.6. The van der Waals surface area contributed by atoms with Crippen LogP contribution in [0.15, 0.2) is 36.4 Å². The summed E-state index contributed by atoms with van der Waals surface area (Å²) in [6.07, 6.45) is 0.197. The third-order valence-electron chi connectivity index (χ3n) is 4.90. The molecule has 0 aliphatic heterocycles. The third kappa shape index (κ3) is 6.48. The van der Waals surface area contributed by atoms with E-state index in [0.717, 1.165) is 16.7 Å². The van der Waals surface area contributed by atoms with Crippen molar-refractivity contribution in [3.63, 3.8) is 0 Å². The molecule has 0 saturated carbocycles. The number of amides is 2. The van der Waals surface area contributed by atoms with Crippen LogP contribution < -0.4 is 5.32 Å². The standard InChI is InChI=1S/C24H30Cl2N2O2/c1-15-10-11-16(2)18(12-15)13-22(29)28(17(3)23(30)27-24(4,5)6)14-19-20(25)8-7-9-21(19)26/h7-12,17H,13-14H2,1-6H3,(H,27,30)/t17-/m1/s1. The van der Waals surface area contributed by atoms with Gasteiger partial charge in [0, 0.05) is 27.7 Å². The molecule has 0 spiro atoms. The minimum Gasteiger partial charge on any atom is -0.350 e. The van der Waals surface area contributed by atoms with E-state index in [9.17, 15) is 9.59 Å². The predicted molar refractivity (Wildman–Crippen MR) is 124 cm³/mol. The molecule has 2 aromatic rings. The van der Waals surface area contributed by atoms with Gasteiger partial charge in [-0.2, -0.15) is 0 Å². The molecule has 0 radical (unpaired) electrons. The summed E-state index contributed by atoms with van der Waals surface area (Å²) < 4.78 is 0. The highest BCUT2D eigenvalue weighted by atomic mass is 35.5. The Balaban J connectivity index is 2.37. The third-order valence-corrected chi connectivity index (χ3v) is 5.61. The molecule has 1 N–H and O–H groups in total. The van der Waals surface area contributed by atoms with Crippen LogP contribution >= 0.6 is 23.2 Å². The molecule has 2 aromatic carbocycles. The van der Waals surface area contributed by atoms with Crippen molar-refractivity contribution in [2.45, 2.75) is 66.1 Å². The smallest absolute Gasteiger partial charge is 0.242 e. The molecule has 0 fully saturated rings. The van der Waals surface area contributed by atoms with Gasteiger partial charge in [-0.3, -0.25) is 9.59 Å². The second-order valence-corrected chi connectivity index (χ2v) is 9.56. The summed E-state index contributed by atoms with van der Waals surface area (Å²) in [6.45, 7) is 11.6. The van der Waals surface area contributed by atoms with Crippen LogP contribution in [-0.4, -0.2) is 28.3 Å². The molecule has 0 aliphatic rings. The Morgan fingerprint density at radius 3 is 2.23 bits per heavy atom. The topological polar surface area (TPSA) is 49.4 Å². The Morgan fingerprint density at radius 1 is 1.07 bits per heavy atom. The van der Waals surface area contributed by atoms with Crippen LogP contribution in [0, 0.1) is 13.8 Å². The van der Waals surface area contributed by atoms with Gasteiger partial charge in [0.25, 0.3) is 0 Å². The van der Waals surface area contributed by atoms with E-state index in [1.54, 1.807) is 30.0 Å². The van der Waals surface area contributed by atoms with E-state index in [-0.39, 0.29) is 24.8 Å². The van der Waals surface area contributed by atoms with E-state index in [1.807, 2.05) is 52.8 Å². The minimum absolute atomic E-state index is 0.154. The maximum Gasteiger partial charge on any atom is 0.242 e. The molecule has 0 bridgehead atoms. The number of hydrogen-bond acceptors (Lipinski definition) is 2. The second kappa shape index (κ2) is 9.84. The lowest BCUT2D eigenvalue weighted by molar-refractivity contribution is -0.140. The SMILES string of the molecule is Cc1ccc(C)c(CC(=O)N(Cc2c(Cl)cccc2Cl)[C@H](C)C(=O)NC(C)(C)C)c1. The molecule has 0 aliphatic carbocycles. The number of hydrogen-bond donors (Lipinski definition) is 1. The molecular formula is C24H30Cl2N2O2. The van der Waals surface area contributed by atoms with Crippen molar-refractivity contribution < 1.29 is 9.59 Å². The molecule has 0 heterocycles. The lowest BCUT2D eigenvalue weighted by Gasteiger charge is -2.32. The Hall–Kier alpha value is -2.04. The van der Waals surface area contributed by atoms with E-state index in [2.05, 4.69) is 5.32 Å². The first-order valence-corrected chi connectivity index (χ1v) is 10.7. The van der Waals surface area contributed by atoms with Crippen molar-refractivity contribution in [2.24, 2.45) is 0 Å². The van der Waals surface area contributed by atoms with E-state index >= 15 is 0 Å². The van der Waals surface area contributed by atoms with Gasteiger partial charge in [-0.25, -0.2) is 0 Å². The van der Waals surface area contributed by atoms with E-state index in [0.29, 0.717) is 15.6 Å². The summed E-state index contributed by atoms with van der Waals surface area (Å²) in [5.74, 6) is -0.378. The van der Waals surface area contributed by atoms with Gasteiger partial charge in [-0.1, -0.05) is 53.0 Å². The number of rotatable bonds is 6. The number of benzene rings is 2. The first kappa shape index (κ1) is 24.2. The van der Waals surface area contributed by atoms with Crippen molar-refractivity contribution in [2.75, 3.05) is 0 Å². The van der Waals surface area contributed by atoms with Gasteiger partial charge >= 0.3 is 0 Å². The Labute approximate surface area is 189 Å². The Morgan fingerprint density at radius 2 is 1.67 bits per heavy atom. The second-order valence-electron chi connectivity index (χ2n) is 8.74. The lowest BCUT2D eigenvalue weighted by atomic mass is 10.0. The van der Waals surface area contributed by atoms with Crippen molar-refractivity contribution in [1.82, 2.24) is 10.2 Å². The molecule has 0 unspecified atom stereocenters. The molecule has 2 amide bonds. The van der Waals surface area contributed by atoms with Gasteiger partial charge in [0.1, 0.15) is 6.04 Å². The van der Waals surface area contributed by atoms with Gasteiger partial charge in [0.05, 0.1) is 6.42 Å². The van der Waals surface area contributed by atoms with Crippen LogP contribution in [0.25, 0.3) is 0 Å². The zero-order chi connectivity index (χ0) is 22.6. The zero-order valence-electron chi connectivity index (χ0n) is 18.5. The average molecular weight is 449 g/mol. The Kier molecular flexibility index (Phi) is 7.95. The van der Waals surface area contributed by atoms with Crippen LogP contribution in [0.4, 0.5) is 0 Å². The number of aryl methyl sites for hydroxylation is 2. The number of halogens is 2. The van der Waals surface area contributed by atoms with Gasteiger partial charge in [0.2, 0.25) is 11.8 Å². The van der Waals surface area contributed by atoms with E-state index < -0.39 is 11.6 Å². The van der Waals surface area contributed by atoms with Crippen LogP contribution in [0.5, 0.6) is 0 Å². The van der Waals surface area contributed by atoms with Crippen LogP contribution in [0.1, 0.15) is 49.9 Å². The van der Waals surface area contributed by atoms with Crippen molar-refractivity contribution in [1.29, 1.82) is 0 Å². The Bertz CT molecular complexity index is 915. The fourth-order valence-electron chi connectivity index (χ4n) is 3.17. The van der Waals surface area contributed by atoms with Gasteiger partial charge < -0.3 is 10.2 Å². The molecule has 6 heteroatoms. The van der Waals surface area contributed by atoms with Crippen molar-refractivity contribution >= 4 is 35.0 Å². The molecule has 0 saturated heterocycles. The molecule has 2 rings (SSSR count). The molecule has 30 heavy (non-hydrogen) atoms. The van der Waals surface area contributed by atoms with Crippen molar-refractivity contribution in [3.05, 3.63) is 68.7 Å². The summed E-state index contributed by atoms with van der Waals surface area (Å²) in [4.78, 5) is 27.8. The van der Waals surface area contributed by atoms with E-state index in [1.165, 1.54) is 0 Å². The fraction of sp³-hybridized carbons (Fsp3) is 0.417. The first-order valence-electron chi connectivity index (χ1n) is 9.99. The highest BCUT2D eigenvalue weighted by Gasteiger charge is 2.29. The van der Waals surface area contributed by atoms with Crippen LogP contribution in [0.2, 0.25) is 10.0 Å². The lowest BCUT2D eigenvalue weighted by Crippen LogP contribution is -2.52. The first-order chi connectivity index (χ1) is 13.9. The van der Waals surface area contributed by atoms with Crippen molar-refractivity contribution in [3.8, 4) is 0 Å². The van der Waals surface area contributed by atoms with E-state index in [4.69, 9.17) is 23.2 Å². The van der Waals surface area contributed by atoms with Gasteiger partial charge in [-0.15, -0.1) is 0 Å². The molecular weight excluding hydrogens is 419 g/mol. The molecule has 162 valence electrons. The maximum absolute atomic E-state index is 13.4. The van der Waals surface area contributed by atoms with Gasteiger partial charge in [-0.05, 0) is 64.8 Å².